The van der Waals surface area contributed by atoms with Gasteiger partial charge in [0, 0.05) is 17.8 Å². The molecule has 0 aliphatic carbocycles. The summed E-state index contributed by atoms with van der Waals surface area (Å²) in [5.41, 5.74) is 4.02. The number of fused-ring (bicyclic) bond motifs is 2. The zero-order valence-corrected chi connectivity index (χ0v) is 14.2. The van der Waals surface area contributed by atoms with Crippen LogP contribution in [0.25, 0.3) is 22.1 Å². The van der Waals surface area contributed by atoms with Gasteiger partial charge in [0.25, 0.3) is 0 Å². The van der Waals surface area contributed by atoms with Gasteiger partial charge in [-0.15, -0.1) is 0 Å². The molecule has 0 radical (unpaired) electrons. The lowest BCUT2D eigenvalue weighted by atomic mass is 10.1. The van der Waals surface area contributed by atoms with Crippen molar-refractivity contribution in [3.05, 3.63) is 65.7 Å². The second kappa shape index (κ2) is 5.74. The lowest BCUT2D eigenvalue weighted by Gasteiger charge is -2.12. The number of oxazole rings is 1. The van der Waals surface area contributed by atoms with Crippen LogP contribution in [0.5, 0.6) is 0 Å². The van der Waals surface area contributed by atoms with Crippen LogP contribution < -0.4 is 0 Å². The SMILES string of the molecule is Cc1ccc2oc([C@H]3CCN(Cc4cc5ccccc5o4)C3)nc2c1. The number of furan rings is 1. The van der Waals surface area contributed by atoms with Gasteiger partial charge in [0.1, 0.15) is 16.9 Å². The number of rotatable bonds is 3. The molecular formula is C21H20N2O2. The third-order valence-corrected chi connectivity index (χ3v) is 5.04. The van der Waals surface area contributed by atoms with E-state index in [4.69, 9.17) is 13.8 Å². The molecule has 2 aromatic heterocycles. The first-order chi connectivity index (χ1) is 12.2. The fourth-order valence-electron chi connectivity index (χ4n) is 3.74. The van der Waals surface area contributed by atoms with E-state index in [1.807, 2.05) is 24.3 Å². The van der Waals surface area contributed by atoms with Gasteiger partial charge in [0.2, 0.25) is 0 Å². The fourth-order valence-corrected chi connectivity index (χ4v) is 3.74. The maximum absolute atomic E-state index is 5.99. The highest BCUT2D eigenvalue weighted by Crippen LogP contribution is 2.31. The molecule has 4 heteroatoms. The van der Waals surface area contributed by atoms with Crippen molar-refractivity contribution in [1.82, 2.24) is 9.88 Å². The Morgan fingerprint density at radius 1 is 1.08 bits per heavy atom. The lowest BCUT2D eigenvalue weighted by molar-refractivity contribution is 0.294. The first kappa shape index (κ1) is 14.7. The molecule has 1 fully saturated rings. The Bertz CT molecular complexity index is 1010. The summed E-state index contributed by atoms with van der Waals surface area (Å²) in [5, 5.41) is 1.17. The van der Waals surface area contributed by atoms with Crippen molar-refractivity contribution in [2.75, 3.05) is 13.1 Å². The van der Waals surface area contributed by atoms with Gasteiger partial charge in [-0.2, -0.15) is 0 Å². The van der Waals surface area contributed by atoms with Crippen LogP contribution in [0.15, 0.2) is 57.4 Å². The molecule has 126 valence electrons. The summed E-state index contributed by atoms with van der Waals surface area (Å²) < 4.78 is 11.9. The van der Waals surface area contributed by atoms with Gasteiger partial charge < -0.3 is 8.83 Å². The third kappa shape index (κ3) is 2.72. The van der Waals surface area contributed by atoms with Crippen molar-refractivity contribution in [2.45, 2.75) is 25.8 Å². The Labute approximate surface area is 146 Å². The highest BCUT2D eigenvalue weighted by molar-refractivity contribution is 5.77. The van der Waals surface area contributed by atoms with E-state index in [1.54, 1.807) is 0 Å². The minimum atomic E-state index is 0.358. The summed E-state index contributed by atoms with van der Waals surface area (Å²) in [6.45, 7) is 4.92. The van der Waals surface area contributed by atoms with Crippen LogP contribution in [0.3, 0.4) is 0 Å². The zero-order chi connectivity index (χ0) is 16.8. The third-order valence-electron chi connectivity index (χ3n) is 5.04. The average molecular weight is 332 g/mol. The summed E-state index contributed by atoms with van der Waals surface area (Å²) in [4.78, 5) is 7.13. The predicted octanol–water partition coefficient (Wildman–Crippen LogP) is 4.87. The van der Waals surface area contributed by atoms with Crippen LogP contribution in [-0.2, 0) is 6.54 Å². The normalized spacial score (nSPS) is 18.5. The highest BCUT2D eigenvalue weighted by atomic mass is 16.3. The van der Waals surface area contributed by atoms with E-state index >= 15 is 0 Å². The van der Waals surface area contributed by atoms with Crippen LogP contribution in [-0.4, -0.2) is 23.0 Å². The number of likely N-dealkylation sites (tertiary alicyclic amines) is 1. The predicted molar refractivity (Wildman–Crippen MR) is 97.6 cm³/mol. The molecule has 0 saturated carbocycles. The molecule has 25 heavy (non-hydrogen) atoms. The van der Waals surface area contributed by atoms with Crippen molar-refractivity contribution in [1.29, 1.82) is 0 Å². The molecular weight excluding hydrogens is 312 g/mol. The summed E-state index contributed by atoms with van der Waals surface area (Å²) in [5.74, 6) is 2.25. The number of hydrogen-bond acceptors (Lipinski definition) is 4. The standard InChI is InChI=1S/C21H20N2O2/c1-14-6-7-20-18(10-14)22-21(25-20)16-8-9-23(12-16)13-17-11-15-4-2-3-5-19(15)24-17/h2-7,10-11,16H,8-9,12-13H2,1H3/t16-/m0/s1. The van der Waals surface area contributed by atoms with Crippen molar-refractivity contribution in [2.24, 2.45) is 0 Å². The van der Waals surface area contributed by atoms with Crippen molar-refractivity contribution < 1.29 is 8.83 Å². The van der Waals surface area contributed by atoms with Gasteiger partial charge in [-0.25, -0.2) is 4.98 Å². The number of benzene rings is 2. The maximum atomic E-state index is 5.99. The Balaban J connectivity index is 1.33. The smallest absolute Gasteiger partial charge is 0.199 e. The molecule has 2 aromatic carbocycles. The van der Waals surface area contributed by atoms with Crippen LogP contribution >= 0.6 is 0 Å². The van der Waals surface area contributed by atoms with Crippen molar-refractivity contribution >= 4 is 22.1 Å². The maximum Gasteiger partial charge on any atom is 0.199 e. The Hall–Kier alpha value is -2.59. The molecule has 0 N–H and O–H groups in total. The van der Waals surface area contributed by atoms with E-state index < -0.39 is 0 Å². The Morgan fingerprint density at radius 3 is 2.92 bits per heavy atom. The second-order valence-electron chi connectivity index (χ2n) is 6.99. The summed E-state index contributed by atoms with van der Waals surface area (Å²) in [6, 6.07) is 16.5. The Kier molecular flexibility index (Phi) is 3.38. The number of hydrogen-bond donors (Lipinski definition) is 0. The fraction of sp³-hybridized carbons (Fsp3) is 0.286. The van der Waals surface area contributed by atoms with Gasteiger partial charge in [-0.3, -0.25) is 4.90 Å². The van der Waals surface area contributed by atoms with E-state index in [-0.39, 0.29) is 0 Å². The average Bonchev–Trinajstić information content (AvgIpc) is 3.31. The van der Waals surface area contributed by atoms with E-state index in [0.717, 1.165) is 54.4 Å². The number of para-hydroxylation sites is 1. The van der Waals surface area contributed by atoms with Gasteiger partial charge in [-0.05, 0) is 49.7 Å². The molecule has 1 saturated heterocycles. The minimum Gasteiger partial charge on any atom is -0.460 e. The van der Waals surface area contributed by atoms with Crippen LogP contribution in [0, 0.1) is 6.92 Å². The number of aryl methyl sites for hydroxylation is 1. The molecule has 5 rings (SSSR count). The van der Waals surface area contributed by atoms with Gasteiger partial charge in [0.05, 0.1) is 6.54 Å². The molecule has 1 atom stereocenters. The zero-order valence-electron chi connectivity index (χ0n) is 14.2. The molecule has 0 unspecified atom stereocenters. The van der Waals surface area contributed by atoms with Crippen molar-refractivity contribution in [3.63, 3.8) is 0 Å². The molecule has 0 amide bonds. The van der Waals surface area contributed by atoms with Gasteiger partial charge in [-0.1, -0.05) is 24.3 Å². The van der Waals surface area contributed by atoms with E-state index in [1.165, 1.54) is 10.9 Å². The molecule has 1 aliphatic rings. The van der Waals surface area contributed by atoms with Crippen LogP contribution in [0.2, 0.25) is 0 Å². The molecule has 4 aromatic rings. The second-order valence-corrected chi connectivity index (χ2v) is 6.99. The quantitative estimate of drug-likeness (QED) is 0.537. The summed E-state index contributed by atoms with van der Waals surface area (Å²) in [7, 11) is 0. The molecule has 0 bridgehead atoms. The largest absolute Gasteiger partial charge is 0.460 e. The van der Waals surface area contributed by atoms with Crippen LogP contribution in [0.4, 0.5) is 0 Å². The topological polar surface area (TPSA) is 42.4 Å². The molecule has 4 nitrogen and oxygen atoms in total. The monoisotopic (exact) mass is 332 g/mol. The summed E-state index contributed by atoms with van der Waals surface area (Å²) in [6.07, 6.45) is 1.08. The summed E-state index contributed by atoms with van der Waals surface area (Å²) >= 11 is 0. The van der Waals surface area contributed by atoms with Crippen molar-refractivity contribution in [3.8, 4) is 0 Å². The van der Waals surface area contributed by atoms with Gasteiger partial charge in [0.15, 0.2) is 11.5 Å². The van der Waals surface area contributed by atoms with E-state index in [9.17, 15) is 0 Å². The van der Waals surface area contributed by atoms with Gasteiger partial charge >= 0.3 is 0 Å². The highest BCUT2D eigenvalue weighted by Gasteiger charge is 2.28. The first-order valence-electron chi connectivity index (χ1n) is 8.81. The molecule has 0 spiro atoms. The van der Waals surface area contributed by atoms with E-state index in [2.05, 4.69) is 36.1 Å². The molecule has 1 aliphatic heterocycles. The first-order valence-corrected chi connectivity index (χ1v) is 8.81. The number of nitrogens with zero attached hydrogens (tertiary/aromatic N) is 2. The minimum absolute atomic E-state index is 0.358. The van der Waals surface area contributed by atoms with Crippen LogP contribution in [0.1, 0.15) is 29.6 Å². The number of aromatic nitrogens is 1. The lowest BCUT2D eigenvalue weighted by Crippen LogP contribution is -2.19. The van der Waals surface area contributed by atoms with E-state index in [0.29, 0.717) is 5.92 Å². The molecule has 3 heterocycles. The Morgan fingerprint density at radius 2 is 2.00 bits per heavy atom.